The zero-order chi connectivity index (χ0) is 16.7. The van der Waals surface area contributed by atoms with E-state index >= 15 is 0 Å². The number of carbonyl (C=O) groups is 1. The molecule has 0 spiro atoms. The molecule has 0 N–H and O–H groups in total. The van der Waals surface area contributed by atoms with Crippen molar-refractivity contribution < 1.29 is 31.2 Å². The number of ketones is 1. The Balaban J connectivity index is 2.42. The molecule has 1 aliphatic rings. The lowest BCUT2D eigenvalue weighted by Crippen LogP contribution is -2.49. The lowest BCUT2D eigenvalue weighted by Gasteiger charge is -2.37. The fourth-order valence-corrected chi connectivity index (χ4v) is 2.76. The van der Waals surface area contributed by atoms with E-state index in [1.807, 2.05) is 0 Å². The third kappa shape index (κ3) is 2.80. The molecule has 1 aliphatic carbocycles. The van der Waals surface area contributed by atoms with Crippen molar-refractivity contribution in [2.24, 2.45) is 11.8 Å². The number of rotatable bonds is 3. The van der Waals surface area contributed by atoms with Gasteiger partial charge in [0, 0.05) is 11.8 Å². The van der Waals surface area contributed by atoms with Crippen LogP contribution in [0.25, 0.3) is 0 Å². The van der Waals surface area contributed by atoms with E-state index in [1.54, 1.807) is 6.92 Å². The van der Waals surface area contributed by atoms with Crippen LogP contribution in [0.3, 0.4) is 0 Å². The van der Waals surface area contributed by atoms with Crippen LogP contribution in [0.1, 0.15) is 37.2 Å². The van der Waals surface area contributed by atoms with Crippen LogP contribution in [0, 0.1) is 11.8 Å². The molecule has 0 saturated carbocycles. The first-order valence-corrected chi connectivity index (χ1v) is 6.73. The third-order valence-corrected chi connectivity index (χ3v) is 4.21. The van der Waals surface area contributed by atoms with E-state index in [0.29, 0.717) is 11.1 Å². The predicted octanol–water partition coefficient (Wildman–Crippen LogP) is 5.02. The molecule has 0 fully saturated rings. The van der Waals surface area contributed by atoms with Crippen molar-refractivity contribution in [2.75, 3.05) is 0 Å². The second kappa shape index (κ2) is 5.52. The quantitative estimate of drug-likeness (QED) is 0.444. The van der Waals surface area contributed by atoms with Gasteiger partial charge >= 0.3 is 12.1 Å². The lowest BCUT2D eigenvalue weighted by atomic mass is 9.71. The number of furan rings is 1. The molecule has 0 bridgehead atoms. The van der Waals surface area contributed by atoms with Crippen LogP contribution in [0.5, 0.6) is 0 Å². The molecule has 0 aromatic carbocycles. The van der Waals surface area contributed by atoms with Crippen molar-refractivity contribution in [2.45, 2.75) is 38.8 Å². The molecule has 0 aliphatic heterocycles. The van der Waals surface area contributed by atoms with Gasteiger partial charge in [0.1, 0.15) is 0 Å². The van der Waals surface area contributed by atoms with Crippen LogP contribution in [-0.2, 0) is 0 Å². The summed E-state index contributed by atoms with van der Waals surface area (Å²) in [5.41, 5.74) is 1.14. The molecule has 0 radical (unpaired) electrons. The molecule has 1 aromatic rings. The molecular weight excluding hydrogens is 307 g/mol. The maximum Gasteiger partial charge on any atom is 0.453 e. The van der Waals surface area contributed by atoms with Crippen LogP contribution >= 0.6 is 0 Å². The molecule has 2 rings (SSSR count). The summed E-state index contributed by atoms with van der Waals surface area (Å²) in [7, 11) is 0. The topological polar surface area (TPSA) is 30.2 Å². The zero-order valence-corrected chi connectivity index (χ0v) is 12.0. The fourth-order valence-electron chi connectivity index (χ4n) is 2.76. The Morgan fingerprint density at radius 1 is 1.14 bits per heavy atom. The second-order valence-electron chi connectivity index (χ2n) is 5.64. The molecule has 7 heteroatoms. The zero-order valence-electron chi connectivity index (χ0n) is 12.0. The van der Waals surface area contributed by atoms with Crippen LogP contribution in [0.4, 0.5) is 22.0 Å². The molecule has 1 heterocycles. The number of halogens is 5. The van der Waals surface area contributed by atoms with Gasteiger partial charge < -0.3 is 4.42 Å². The van der Waals surface area contributed by atoms with Gasteiger partial charge in [-0.2, -0.15) is 22.0 Å². The van der Waals surface area contributed by atoms with E-state index in [4.69, 9.17) is 4.42 Å². The number of alkyl halides is 5. The summed E-state index contributed by atoms with van der Waals surface area (Å²) in [6, 6.07) is 2.66. The first kappa shape index (κ1) is 16.7. The average Bonchev–Trinajstić information content (AvgIpc) is 2.93. The van der Waals surface area contributed by atoms with E-state index in [-0.39, 0.29) is 12.2 Å². The van der Waals surface area contributed by atoms with E-state index in [1.165, 1.54) is 25.3 Å². The minimum atomic E-state index is -5.69. The van der Waals surface area contributed by atoms with Crippen molar-refractivity contribution in [3.63, 3.8) is 0 Å². The van der Waals surface area contributed by atoms with Gasteiger partial charge in [0.05, 0.1) is 6.26 Å². The van der Waals surface area contributed by atoms with Crippen LogP contribution in [0.2, 0.25) is 0 Å². The highest BCUT2D eigenvalue weighted by atomic mass is 19.4. The maximum absolute atomic E-state index is 13.8. The molecule has 2 nitrogen and oxygen atoms in total. The molecular formula is C15H15F5O2. The number of allylic oxidation sites excluding steroid dienone is 2. The van der Waals surface area contributed by atoms with Gasteiger partial charge in [-0.15, -0.1) is 0 Å². The molecule has 0 saturated heterocycles. The van der Waals surface area contributed by atoms with Gasteiger partial charge in [-0.25, -0.2) is 0 Å². The van der Waals surface area contributed by atoms with Gasteiger partial charge in [0.2, 0.25) is 5.78 Å². The van der Waals surface area contributed by atoms with Crippen molar-refractivity contribution in [1.82, 2.24) is 0 Å². The third-order valence-electron chi connectivity index (χ3n) is 4.21. The maximum atomic E-state index is 13.8. The largest absolute Gasteiger partial charge is 0.461 e. The highest BCUT2D eigenvalue weighted by Crippen LogP contribution is 2.50. The van der Waals surface area contributed by atoms with Crippen molar-refractivity contribution >= 4 is 5.78 Å². The first-order valence-electron chi connectivity index (χ1n) is 6.73. The van der Waals surface area contributed by atoms with Crippen LogP contribution < -0.4 is 0 Å². The average molecular weight is 322 g/mol. The number of hydrogen-bond acceptors (Lipinski definition) is 2. The Hall–Kier alpha value is -1.66. The molecule has 2 atom stereocenters. The lowest BCUT2D eigenvalue weighted by molar-refractivity contribution is -0.307. The summed E-state index contributed by atoms with van der Waals surface area (Å²) in [5, 5.41) is 0. The summed E-state index contributed by atoms with van der Waals surface area (Å²) in [6.07, 6.45) is -5.09. The van der Waals surface area contributed by atoms with Gasteiger partial charge in [-0.05, 0) is 38.8 Å². The molecule has 0 amide bonds. The normalized spacial score (nSPS) is 23.8. The second-order valence-corrected chi connectivity index (χ2v) is 5.64. The molecule has 122 valence electrons. The minimum absolute atomic E-state index is 0.123. The summed E-state index contributed by atoms with van der Waals surface area (Å²) >= 11 is 0. The smallest absolute Gasteiger partial charge is 0.453 e. The predicted molar refractivity (Wildman–Crippen MR) is 68.6 cm³/mol. The molecule has 0 unspecified atom stereocenters. The van der Waals surface area contributed by atoms with E-state index < -0.39 is 36.1 Å². The van der Waals surface area contributed by atoms with Gasteiger partial charge in [-0.3, -0.25) is 4.79 Å². The Labute approximate surface area is 124 Å². The molecule has 1 aromatic heterocycles. The Bertz CT molecular complexity index is 584. The number of carbonyl (C=O) groups excluding carboxylic acids is 1. The Morgan fingerprint density at radius 3 is 2.23 bits per heavy atom. The Morgan fingerprint density at radius 2 is 1.73 bits per heavy atom. The Kier molecular flexibility index (Phi) is 4.19. The summed E-state index contributed by atoms with van der Waals surface area (Å²) in [4.78, 5) is 12.3. The van der Waals surface area contributed by atoms with Gasteiger partial charge in [-0.1, -0.05) is 11.1 Å². The van der Waals surface area contributed by atoms with Crippen molar-refractivity contribution in [1.29, 1.82) is 0 Å². The van der Waals surface area contributed by atoms with Crippen molar-refractivity contribution in [3.05, 3.63) is 35.3 Å². The SMILES string of the molecule is CC1=C(C)C[C@H](C(F)(F)C(F)(F)F)[C@@H](C(=O)c2ccco2)C1. The van der Waals surface area contributed by atoms with E-state index in [9.17, 15) is 26.7 Å². The highest BCUT2D eigenvalue weighted by molar-refractivity contribution is 5.96. The van der Waals surface area contributed by atoms with Gasteiger partial charge in [0.25, 0.3) is 0 Å². The van der Waals surface area contributed by atoms with E-state index in [0.717, 1.165) is 0 Å². The molecule has 22 heavy (non-hydrogen) atoms. The number of Topliss-reactive ketones (excluding diaryl/α,β-unsaturated/α-hetero) is 1. The summed E-state index contributed by atoms with van der Waals surface area (Å²) < 4.78 is 70.7. The fraction of sp³-hybridized carbons (Fsp3) is 0.533. The monoisotopic (exact) mass is 322 g/mol. The standard InChI is InChI=1S/C15H15F5O2/c1-8-6-10(13(21)12-4-3-5-22-12)11(7-9(8)2)14(16,17)15(18,19)20/h3-5,10-11H,6-7H2,1-2H3/t10-,11-/m0/s1. The first-order chi connectivity index (χ1) is 10.1. The van der Waals surface area contributed by atoms with Gasteiger partial charge in [0.15, 0.2) is 5.76 Å². The van der Waals surface area contributed by atoms with Crippen LogP contribution in [-0.4, -0.2) is 17.9 Å². The van der Waals surface area contributed by atoms with Crippen molar-refractivity contribution in [3.8, 4) is 0 Å². The minimum Gasteiger partial charge on any atom is -0.461 e. The highest BCUT2D eigenvalue weighted by Gasteiger charge is 2.65. The summed E-state index contributed by atoms with van der Waals surface area (Å²) in [5.74, 6) is -9.51. The summed E-state index contributed by atoms with van der Waals surface area (Å²) in [6.45, 7) is 3.15. The number of hydrogen-bond donors (Lipinski definition) is 0. The van der Waals surface area contributed by atoms with Crippen LogP contribution in [0.15, 0.2) is 34.0 Å². The van der Waals surface area contributed by atoms with E-state index in [2.05, 4.69) is 0 Å².